The van der Waals surface area contributed by atoms with Gasteiger partial charge in [0, 0.05) is 11.8 Å². The van der Waals surface area contributed by atoms with Crippen molar-refractivity contribution in [1.29, 1.82) is 0 Å². The minimum Gasteiger partial charge on any atom is -0.389 e. The van der Waals surface area contributed by atoms with E-state index in [1.165, 1.54) is 0 Å². The summed E-state index contributed by atoms with van der Waals surface area (Å²) >= 11 is 0. The van der Waals surface area contributed by atoms with Crippen molar-refractivity contribution < 1.29 is 15.0 Å². The standard InChI is InChI=1S/C20H26O3/c1-3-20(23)9-7-17-15-11-18(22)16-10-12(21)4-5-13(16)14(15)6-8-19(17,20)2/h1,10,13-15,17-18,22-23H,4-9,11H2,2H3/t13-,14-,15-,17+,18+,19+,20-/m1/s1. The fraction of sp³-hybridized carbons (Fsp3) is 0.750. The Labute approximate surface area is 138 Å². The first-order chi connectivity index (χ1) is 10.9. The van der Waals surface area contributed by atoms with Crippen LogP contribution in [0.3, 0.4) is 0 Å². The van der Waals surface area contributed by atoms with Crippen LogP contribution in [0.1, 0.15) is 51.9 Å². The lowest BCUT2D eigenvalue weighted by Crippen LogP contribution is -2.53. The largest absolute Gasteiger partial charge is 0.389 e. The molecule has 0 radical (unpaired) electrons. The minimum absolute atomic E-state index is 0.164. The summed E-state index contributed by atoms with van der Waals surface area (Å²) in [6.07, 6.45) is 12.7. The molecule has 0 aromatic rings. The second kappa shape index (κ2) is 4.94. The van der Waals surface area contributed by atoms with Crippen LogP contribution < -0.4 is 0 Å². The number of ketones is 1. The molecule has 0 aromatic heterocycles. The summed E-state index contributed by atoms with van der Waals surface area (Å²) in [4.78, 5) is 11.7. The van der Waals surface area contributed by atoms with Gasteiger partial charge in [-0.25, -0.2) is 0 Å². The lowest BCUT2D eigenvalue weighted by Gasteiger charge is -2.55. The van der Waals surface area contributed by atoms with Crippen molar-refractivity contribution in [1.82, 2.24) is 0 Å². The zero-order valence-corrected chi connectivity index (χ0v) is 13.8. The van der Waals surface area contributed by atoms with Crippen molar-refractivity contribution in [2.75, 3.05) is 0 Å². The predicted molar refractivity (Wildman–Crippen MR) is 87.3 cm³/mol. The number of carbonyl (C=O) groups is 1. The quantitative estimate of drug-likeness (QED) is 0.675. The van der Waals surface area contributed by atoms with Gasteiger partial charge < -0.3 is 10.2 Å². The molecule has 0 aliphatic heterocycles. The molecule has 2 N–H and O–H groups in total. The van der Waals surface area contributed by atoms with E-state index in [2.05, 4.69) is 12.8 Å². The van der Waals surface area contributed by atoms with Crippen LogP contribution in [0.25, 0.3) is 0 Å². The molecule has 4 aliphatic carbocycles. The number of aliphatic hydroxyl groups is 2. The highest BCUT2D eigenvalue weighted by molar-refractivity contribution is 5.91. The molecule has 0 spiro atoms. The number of hydrogen-bond acceptors (Lipinski definition) is 3. The molecule has 4 aliphatic rings. The van der Waals surface area contributed by atoms with E-state index in [0.29, 0.717) is 36.5 Å². The van der Waals surface area contributed by atoms with Gasteiger partial charge >= 0.3 is 0 Å². The van der Waals surface area contributed by atoms with E-state index in [4.69, 9.17) is 6.42 Å². The van der Waals surface area contributed by atoms with Crippen LogP contribution in [0.15, 0.2) is 11.6 Å². The average Bonchev–Trinajstić information content (AvgIpc) is 2.80. The second-order valence-corrected chi connectivity index (χ2v) is 8.44. The molecule has 0 unspecified atom stereocenters. The zero-order valence-electron chi connectivity index (χ0n) is 13.8. The first-order valence-electron chi connectivity index (χ1n) is 9.02. The third-order valence-electron chi connectivity index (χ3n) is 7.74. The SMILES string of the molecule is C#C[C@@]1(O)CC[C@H]2[C@@H]3C[C@H](O)C4=CC(=O)CC[C@@H]4[C@H]3CC[C@@]21C. The Morgan fingerprint density at radius 1 is 1.26 bits per heavy atom. The molecular weight excluding hydrogens is 288 g/mol. The lowest BCUT2D eigenvalue weighted by molar-refractivity contribution is -0.118. The Bertz CT molecular complexity index is 615. The normalized spacial score (nSPS) is 52.0. The summed E-state index contributed by atoms with van der Waals surface area (Å²) in [5.74, 6) is 4.54. The topological polar surface area (TPSA) is 57.5 Å². The molecule has 23 heavy (non-hydrogen) atoms. The summed E-state index contributed by atoms with van der Waals surface area (Å²) in [5.41, 5.74) is -0.239. The van der Waals surface area contributed by atoms with Gasteiger partial charge in [0.05, 0.1) is 6.10 Å². The van der Waals surface area contributed by atoms with Gasteiger partial charge in [0.2, 0.25) is 0 Å². The van der Waals surface area contributed by atoms with Crippen molar-refractivity contribution >= 4 is 5.78 Å². The molecule has 3 heteroatoms. The third kappa shape index (κ3) is 1.95. The van der Waals surface area contributed by atoms with Crippen LogP contribution in [-0.4, -0.2) is 27.7 Å². The maximum atomic E-state index is 11.7. The van der Waals surface area contributed by atoms with E-state index in [9.17, 15) is 15.0 Å². The van der Waals surface area contributed by atoms with Crippen LogP contribution in [0.5, 0.6) is 0 Å². The highest BCUT2D eigenvalue weighted by atomic mass is 16.3. The fourth-order valence-corrected chi connectivity index (χ4v) is 6.44. The molecule has 3 fully saturated rings. The van der Waals surface area contributed by atoms with E-state index >= 15 is 0 Å². The summed E-state index contributed by atoms with van der Waals surface area (Å²) in [6.45, 7) is 2.16. The molecule has 0 heterocycles. The van der Waals surface area contributed by atoms with Crippen molar-refractivity contribution in [2.45, 2.75) is 63.6 Å². The van der Waals surface area contributed by atoms with Gasteiger partial charge in [-0.15, -0.1) is 6.42 Å². The molecule has 4 rings (SSSR count). The Morgan fingerprint density at radius 2 is 2.04 bits per heavy atom. The number of carbonyl (C=O) groups excluding carboxylic acids is 1. The molecule has 0 amide bonds. The Kier molecular flexibility index (Phi) is 3.31. The monoisotopic (exact) mass is 314 g/mol. The van der Waals surface area contributed by atoms with Crippen LogP contribution in [0.2, 0.25) is 0 Å². The van der Waals surface area contributed by atoms with E-state index in [1.54, 1.807) is 6.08 Å². The lowest BCUT2D eigenvalue weighted by atomic mass is 9.50. The van der Waals surface area contributed by atoms with Crippen molar-refractivity contribution in [3.8, 4) is 12.3 Å². The first kappa shape index (κ1) is 15.4. The zero-order chi connectivity index (χ0) is 16.4. The number of aliphatic hydroxyl groups excluding tert-OH is 1. The maximum Gasteiger partial charge on any atom is 0.155 e. The van der Waals surface area contributed by atoms with Gasteiger partial charge in [-0.1, -0.05) is 12.8 Å². The van der Waals surface area contributed by atoms with Gasteiger partial charge in [-0.3, -0.25) is 4.79 Å². The molecular formula is C20H26O3. The van der Waals surface area contributed by atoms with Crippen molar-refractivity contribution in [3.05, 3.63) is 11.6 Å². The molecule has 0 bridgehead atoms. The molecule has 0 saturated heterocycles. The van der Waals surface area contributed by atoms with Gasteiger partial charge in [0.1, 0.15) is 5.60 Å². The van der Waals surface area contributed by atoms with Gasteiger partial charge in [-0.2, -0.15) is 0 Å². The highest BCUT2D eigenvalue weighted by Gasteiger charge is 2.62. The first-order valence-corrected chi connectivity index (χ1v) is 9.02. The molecule has 124 valence electrons. The summed E-state index contributed by atoms with van der Waals surface area (Å²) in [5, 5.41) is 21.6. The Morgan fingerprint density at radius 3 is 2.78 bits per heavy atom. The number of fused-ring (bicyclic) bond motifs is 5. The van der Waals surface area contributed by atoms with Crippen molar-refractivity contribution in [3.63, 3.8) is 0 Å². The molecule has 3 saturated carbocycles. The van der Waals surface area contributed by atoms with Gasteiger partial charge in [-0.05, 0) is 73.8 Å². The molecule has 3 nitrogen and oxygen atoms in total. The number of hydrogen-bond donors (Lipinski definition) is 2. The summed E-state index contributed by atoms with van der Waals surface area (Å²) in [7, 11) is 0. The Balaban J connectivity index is 1.69. The van der Waals surface area contributed by atoms with Gasteiger partial charge in [0.15, 0.2) is 5.78 Å². The predicted octanol–water partition coefficient (Wildman–Crippen LogP) is 2.46. The van der Waals surface area contributed by atoms with Crippen LogP contribution in [0.4, 0.5) is 0 Å². The minimum atomic E-state index is -0.994. The highest BCUT2D eigenvalue weighted by Crippen LogP contribution is 2.64. The van der Waals surface area contributed by atoms with Crippen LogP contribution >= 0.6 is 0 Å². The Hall–Kier alpha value is -1.11. The van der Waals surface area contributed by atoms with E-state index in [0.717, 1.165) is 37.7 Å². The van der Waals surface area contributed by atoms with E-state index in [-0.39, 0.29) is 11.2 Å². The fourth-order valence-electron chi connectivity index (χ4n) is 6.44. The second-order valence-electron chi connectivity index (χ2n) is 8.44. The summed E-state index contributed by atoms with van der Waals surface area (Å²) in [6, 6.07) is 0. The van der Waals surface area contributed by atoms with E-state index < -0.39 is 11.7 Å². The van der Waals surface area contributed by atoms with Crippen LogP contribution in [-0.2, 0) is 4.79 Å². The number of rotatable bonds is 0. The smallest absolute Gasteiger partial charge is 0.155 e. The third-order valence-corrected chi connectivity index (χ3v) is 7.74. The summed E-state index contributed by atoms with van der Waals surface area (Å²) < 4.78 is 0. The maximum absolute atomic E-state index is 11.7. The molecule has 7 atom stereocenters. The molecule has 0 aromatic carbocycles. The van der Waals surface area contributed by atoms with Crippen molar-refractivity contribution in [2.24, 2.45) is 29.1 Å². The average molecular weight is 314 g/mol. The van der Waals surface area contributed by atoms with Crippen LogP contribution in [0, 0.1) is 41.4 Å². The van der Waals surface area contributed by atoms with Gasteiger partial charge in [0.25, 0.3) is 0 Å². The number of terminal acetylenes is 1. The van der Waals surface area contributed by atoms with E-state index in [1.807, 2.05) is 0 Å².